The lowest BCUT2D eigenvalue weighted by atomic mass is 9.96. The second kappa shape index (κ2) is 6.25. The van der Waals surface area contributed by atoms with Crippen LogP contribution in [0.5, 0.6) is 0 Å². The molecule has 0 heterocycles. The maximum absolute atomic E-state index is 10.8. The summed E-state index contributed by atoms with van der Waals surface area (Å²) in [6.07, 6.45) is 1.44. The highest BCUT2D eigenvalue weighted by atomic mass is 16.4. The number of carboxylic acid groups (broad SMARTS) is 1. The van der Waals surface area contributed by atoms with Gasteiger partial charge in [-0.15, -0.1) is 0 Å². The van der Waals surface area contributed by atoms with Crippen molar-refractivity contribution in [1.29, 1.82) is 0 Å². The number of nitrogens with two attached hydrogens (primary N) is 1. The van der Waals surface area contributed by atoms with Crippen molar-refractivity contribution in [2.24, 2.45) is 5.92 Å². The van der Waals surface area contributed by atoms with Crippen LogP contribution >= 0.6 is 0 Å². The Morgan fingerprint density at radius 3 is 2.47 bits per heavy atom. The second-order valence-electron chi connectivity index (χ2n) is 4.41. The van der Waals surface area contributed by atoms with E-state index in [0.717, 1.165) is 17.7 Å². The van der Waals surface area contributed by atoms with Crippen molar-refractivity contribution >= 4 is 11.7 Å². The fourth-order valence-corrected chi connectivity index (χ4v) is 1.77. The number of carbonyl (C=O) groups is 1. The van der Waals surface area contributed by atoms with Crippen LogP contribution in [0.2, 0.25) is 0 Å². The first kappa shape index (κ1) is 13.5. The number of benzene rings is 1. The first-order chi connectivity index (χ1) is 8.02. The van der Waals surface area contributed by atoms with Gasteiger partial charge >= 0.3 is 5.97 Å². The average Bonchev–Trinajstić information content (AvgIpc) is 2.30. The number of anilines is 1. The molecule has 1 aromatic carbocycles. The molecule has 17 heavy (non-hydrogen) atoms. The second-order valence-corrected chi connectivity index (χ2v) is 4.41. The molecule has 94 valence electrons. The molecule has 4 heteroatoms. The Hall–Kier alpha value is -1.55. The third-order valence-corrected chi connectivity index (χ3v) is 2.93. The predicted octanol–water partition coefficient (Wildman–Crippen LogP) is 1.51. The van der Waals surface area contributed by atoms with Gasteiger partial charge < -0.3 is 16.2 Å². The van der Waals surface area contributed by atoms with Crippen molar-refractivity contribution in [1.82, 2.24) is 5.32 Å². The van der Waals surface area contributed by atoms with Crippen LogP contribution in [-0.2, 0) is 11.2 Å². The first-order valence-electron chi connectivity index (χ1n) is 5.77. The number of likely N-dealkylation sites (N-methyl/N-ethyl adjacent to an activating group) is 1. The monoisotopic (exact) mass is 236 g/mol. The predicted molar refractivity (Wildman–Crippen MR) is 68.8 cm³/mol. The molecular weight excluding hydrogens is 216 g/mol. The largest absolute Gasteiger partial charge is 0.481 e. The van der Waals surface area contributed by atoms with Crippen molar-refractivity contribution in [2.75, 3.05) is 12.8 Å². The third kappa shape index (κ3) is 4.44. The van der Waals surface area contributed by atoms with Gasteiger partial charge in [0.05, 0.1) is 5.92 Å². The summed E-state index contributed by atoms with van der Waals surface area (Å²) in [5.74, 6) is -1.08. The summed E-state index contributed by atoms with van der Waals surface area (Å²) in [6.45, 7) is 1.73. The minimum atomic E-state index is -0.748. The highest BCUT2D eigenvalue weighted by Crippen LogP contribution is 2.13. The molecule has 0 saturated heterocycles. The van der Waals surface area contributed by atoms with Gasteiger partial charge in [0.15, 0.2) is 0 Å². The molecule has 0 radical (unpaired) electrons. The Kier molecular flexibility index (Phi) is 4.97. The molecule has 0 spiro atoms. The molecule has 0 bridgehead atoms. The Bertz CT molecular complexity index is 362. The quantitative estimate of drug-likeness (QED) is 0.654. The molecule has 0 amide bonds. The third-order valence-electron chi connectivity index (χ3n) is 2.93. The Balaban J connectivity index is 2.57. The fraction of sp³-hybridized carbons (Fsp3) is 0.462. The molecule has 0 fully saturated rings. The minimum Gasteiger partial charge on any atom is -0.481 e. The van der Waals surface area contributed by atoms with Gasteiger partial charge in [0.2, 0.25) is 0 Å². The van der Waals surface area contributed by atoms with Crippen molar-refractivity contribution in [3.8, 4) is 0 Å². The summed E-state index contributed by atoms with van der Waals surface area (Å²) in [6, 6.07) is 7.85. The summed E-state index contributed by atoms with van der Waals surface area (Å²) in [5, 5.41) is 12.0. The van der Waals surface area contributed by atoms with Gasteiger partial charge in [-0.2, -0.15) is 0 Å². The number of carboxylic acids is 1. The molecular formula is C13H20N2O2. The topological polar surface area (TPSA) is 75.3 Å². The van der Waals surface area contributed by atoms with E-state index in [1.54, 1.807) is 6.92 Å². The van der Waals surface area contributed by atoms with E-state index in [-0.39, 0.29) is 12.0 Å². The molecule has 4 N–H and O–H groups in total. The summed E-state index contributed by atoms with van der Waals surface area (Å²) in [4.78, 5) is 10.8. The van der Waals surface area contributed by atoms with Crippen molar-refractivity contribution in [3.05, 3.63) is 29.8 Å². The Morgan fingerprint density at radius 2 is 2.00 bits per heavy atom. The molecule has 0 aliphatic rings. The highest BCUT2D eigenvalue weighted by Gasteiger charge is 2.17. The van der Waals surface area contributed by atoms with Crippen molar-refractivity contribution in [3.63, 3.8) is 0 Å². The lowest BCUT2D eigenvalue weighted by Gasteiger charge is -2.18. The van der Waals surface area contributed by atoms with E-state index in [1.165, 1.54) is 0 Å². The molecule has 0 unspecified atom stereocenters. The van der Waals surface area contributed by atoms with E-state index in [0.29, 0.717) is 6.42 Å². The summed E-state index contributed by atoms with van der Waals surface area (Å²) < 4.78 is 0. The van der Waals surface area contributed by atoms with Gasteiger partial charge in [0.25, 0.3) is 0 Å². The smallest absolute Gasteiger partial charge is 0.306 e. The van der Waals surface area contributed by atoms with Crippen LogP contribution in [0, 0.1) is 5.92 Å². The summed E-state index contributed by atoms with van der Waals surface area (Å²) >= 11 is 0. The summed E-state index contributed by atoms with van der Waals surface area (Å²) in [7, 11) is 1.86. The van der Waals surface area contributed by atoms with E-state index >= 15 is 0 Å². The lowest BCUT2D eigenvalue weighted by Crippen LogP contribution is -2.31. The number of hydrogen-bond acceptors (Lipinski definition) is 3. The SMILES string of the molecule is CN[C@@H](Cc1ccc(N)cc1)C[C@H](C)C(=O)O. The maximum atomic E-state index is 10.8. The van der Waals surface area contributed by atoms with E-state index < -0.39 is 5.97 Å². The van der Waals surface area contributed by atoms with Crippen LogP contribution in [-0.4, -0.2) is 24.2 Å². The number of nitrogen functional groups attached to an aromatic ring is 1. The zero-order chi connectivity index (χ0) is 12.8. The van der Waals surface area contributed by atoms with E-state index in [1.807, 2.05) is 31.3 Å². The molecule has 0 saturated carbocycles. The molecule has 2 atom stereocenters. The number of hydrogen-bond donors (Lipinski definition) is 3. The molecule has 0 aliphatic heterocycles. The van der Waals surface area contributed by atoms with Crippen LogP contribution in [0.25, 0.3) is 0 Å². The first-order valence-corrected chi connectivity index (χ1v) is 5.77. The Morgan fingerprint density at radius 1 is 1.41 bits per heavy atom. The Labute approximate surface area is 102 Å². The molecule has 0 aliphatic carbocycles. The highest BCUT2D eigenvalue weighted by molar-refractivity contribution is 5.69. The van der Waals surface area contributed by atoms with Gasteiger partial charge in [-0.05, 0) is 37.6 Å². The van der Waals surface area contributed by atoms with Crippen LogP contribution in [0.3, 0.4) is 0 Å². The van der Waals surface area contributed by atoms with Gasteiger partial charge in [-0.1, -0.05) is 19.1 Å². The number of nitrogens with one attached hydrogen (secondary N) is 1. The number of aliphatic carboxylic acids is 1. The minimum absolute atomic E-state index is 0.171. The summed E-state index contributed by atoms with van der Waals surface area (Å²) in [5.41, 5.74) is 7.52. The molecule has 0 aromatic heterocycles. The van der Waals surface area contributed by atoms with Crippen LogP contribution < -0.4 is 11.1 Å². The van der Waals surface area contributed by atoms with E-state index in [2.05, 4.69) is 5.32 Å². The van der Waals surface area contributed by atoms with Crippen LogP contribution in [0.1, 0.15) is 18.9 Å². The zero-order valence-corrected chi connectivity index (χ0v) is 10.3. The van der Waals surface area contributed by atoms with Crippen molar-refractivity contribution < 1.29 is 9.90 Å². The van der Waals surface area contributed by atoms with E-state index in [9.17, 15) is 4.79 Å². The van der Waals surface area contributed by atoms with Gasteiger partial charge in [0.1, 0.15) is 0 Å². The van der Waals surface area contributed by atoms with Gasteiger partial charge in [0, 0.05) is 11.7 Å². The van der Waals surface area contributed by atoms with Crippen LogP contribution in [0.15, 0.2) is 24.3 Å². The standard InChI is InChI=1S/C13H20N2O2/c1-9(13(16)17)7-12(15-2)8-10-3-5-11(14)6-4-10/h3-6,9,12,15H,7-8,14H2,1-2H3,(H,16,17)/t9-,12+/m0/s1. The molecule has 4 nitrogen and oxygen atoms in total. The lowest BCUT2D eigenvalue weighted by molar-refractivity contribution is -0.141. The maximum Gasteiger partial charge on any atom is 0.306 e. The zero-order valence-electron chi connectivity index (χ0n) is 10.3. The van der Waals surface area contributed by atoms with Crippen LogP contribution in [0.4, 0.5) is 5.69 Å². The average molecular weight is 236 g/mol. The normalized spacial score (nSPS) is 14.2. The van der Waals surface area contributed by atoms with Gasteiger partial charge in [-0.3, -0.25) is 4.79 Å². The number of rotatable bonds is 6. The van der Waals surface area contributed by atoms with Gasteiger partial charge in [-0.25, -0.2) is 0 Å². The molecule has 1 aromatic rings. The fourth-order valence-electron chi connectivity index (χ4n) is 1.77. The molecule has 1 rings (SSSR count). The van der Waals surface area contributed by atoms with Crippen molar-refractivity contribution in [2.45, 2.75) is 25.8 Å². The van der Waals surface area contributed by atoms with E-state index in [4.69, 9.17) is 10.8 Å².